The minimum Gasteiger partial charge on any atom is -0.481 e. The first-order valence-electron chi connectivity index (χ1n) is 4.67. The largest absolute Gasteiger partial charge is 0.481 e. The summed E-state index contributed by atoms with van der Waals surface area (Å²) < 4.78 is 0. The van der Waals surface area contributed by atoms with E-state index < -0.39 is 5.97 Å². The van der Waals surface area contributed by atoms with Crippen molar-refractivity contribution in [3.05, 3.63) is 29.8 Å². The Hall–Kier alpha value is -1.95. The van der Waals surface area contributed by atoms with E-state index in [-0.39, 0.29) is 12.5 Å². The van der Waals surface area contributed by atoms with Crippen LogP contribution in [0.15, 0.2) is 24.3 Å². The predicted molar refractivity (Wildman–Crippen MR) is 59.7 cm³/mol. The van der Waals surface area contributed by atoms with Gasteiger partial charge in [-0.05, 0) is 25.1 Å². The van der Waals surface area contributed by atoms with E-state index >= 15 is 0 Å². The minimum atomic E-state index is -0.817. The van der Waals surface area contributed by atoms with Crippen LogP contribution in [0.5, 0.6) is 0 Å². The number of hydrogen-bond donors (Lipinski definition) is 2. The maximum atomic E-state index is 10.5. The minimum absolute atomic E-state index is 0.0836. The molecule has 0 fully saturated rings. The van der Waals surface area contributed by atoms with Gasteiger partial charge in [0.15, 0.2) is 0 Å². The van der Waals surface area contributed by atoms with Crippen molar-refractivity contribution in [2.24, 2.45) is 0 Å². The van der Waals surface area contributed by atoms with Crippen molar-refractivity contribution in [3.63, 3.8) is 0 Å². The molecule has 0 aromatic heterocycles. The molecule has 1 rings (SSSR count). The molecule has 0 spiro atoms. The molecule has 1 atom stereocenters. The van der Waals surface area contributed by atoms with Crippen molar-refractivity contribution >= 4 is 11.7 Å². The van der Waals surface area contributed by atoms with Crippen LogP contribution in [0.4, 0.5) is 5.69 Å². The van der Waals surface area contributed by atoms with E-state index in [0.717, 1.165) is 11.3 Å². The number of rotatable bonds is 4. The summed E-state index contributed by atoms with van der Waals surface area (Å²) in [7, 11) is 0. The Morgan fingerprint density at radius 2 is 2.40 bits per heavy atom. The zero-order valence-electron chi connectivity index (χ0n) is 8.53. The Labute approximate surface area is 89.1 Å². The van der Waals surface area contributed by atoms with E-state index in [9.17, 15) is 4.79 Å². The van der Waals surface area contributed by atoms with Gasteiger partial charge in [0, 0.05) is 17.3 Å². The molecule has 0 saturated carbocycles. The van der Waals surface area contributed by atoms with E-state index in [4.69, 9.17) is 11.5 Å². The van der Waals surface area contributed by atoms with Crippen molar-refractivity contribution in [2.45, 2.75) is 19.4 Å². The average molecular weight is 203 g/mol. The second-order valence-corrected chi connectivity index (χ2v) is 3.37. The van der Waals surface area contributed by atoms with Crippen LogP contribution in [0.25, 0.3) is 0 Å². The summed E-state index contributed by atoms with van der Waals surface area (Å²) in [5, 5.41) is 11.7. The van der Waals surface area contributed by atoms with Gasteiger partial charge in [-0.3, -0.25) is 4.79 Å². The third-order valence-corrected chi connectivity index (χ3v) is 1.92. The van der Waals surface area contributed by atoms with Crippen LogP contribution in [0.2, 0.25) is 0 Å². The Bertz CT molecular complexity index is 393. The summed E-state index contributed by atoms with van der Waals surface area (Å²) in [6.45, 7) is 1.82. The summed E-state index contributed by atoms with van der Waals surface area (Å²) in [6.07, 6.45) is 5.34. The molecular formula is C12H13NO2. The topological polar surface area (TPSA) is 49.3 Å². The van der Waals surface area contributed by atoms with Gasteiger partial charge in [-0.1, -0.05) is 12.0 Å². The van der Waals surface area contributed by atoms with Crippen LogP contribution in [0.1, 0.15) is 18.9 Å². The van der Waals surface area contributed by atoms with Gasteiger partial charge in [0.05, 0.1) is 6.42 Å². The molecule has 78 valence electrons. The molecule has 0 aliphatic heterocycles. The highest BCUT2D eigenvalue weighted by Crippen LogP contribution is 2.11. The standard InChI is InChI=1S/C12H13NO2/c1-3-10-5-4-6-11(8-10)13-9(2)7-12(14)15/h1,4-6,8-9,13H,7H2,2H3,(H,14,15). The molecule has 1 aromatic rings. The normalized spacial score (nSPS) is 11.5. The maximum Gasteiger partial charge on any atom is 0.305 e. The van der Waals surface area contributed by atoms with Gasteiger partial charge >= 0.3 is 5.97 Å². The van der Waals surface area contributed by atoms with Crippen LogP contribution in [-0.4, -0.2) is 17.1 Å². The number of carboxylic acids is 1. The van der Waals surface area contributed by atoms with Crippen molar-refractivity contribution in [2.75, 3.05) is 5.32 Å². The number of benzene rings is 1. The molecule has 0 aliphatic carbocycles. The van der Waals surface area contributed by atoms with Crippen molar-refractivity contribution in [3.8, 4) is 12.3 Å². The van der Waals surface area contributed by atoms with E-state index in [2.05, 4.69) is 11.2 Å². The Morgan fingerprint density at radius 3 is 3.00 bits per heavy atom. The van der Waals surface area contributed by atoms with Crippen LogP contribution >= 0.6 is 0 Å². The molecule has 2 N–H and O–H groups in total. The lowest BCUT2D eigenvalue weighted by Crippen LogP contribution is -2.19. The molecule has 0 aliphatic rings. The van der Waals surface area contributed by atoms with Crippen molar-refractivity contribution in [1.29, 1.82) is 0 Å². The molecule has 15 heavy (non-hydrogen) atoms. The van der Waals surface area contributed by atoms with Gasteiger partial charge in [0.25, 0.3) is 0 Å². The van der Waals surface area contributed by atoms with Crippen molar-refractivity contribution in [1.82, 2.24) is 0 Å². The fourth-order valence-electron chi connectivity index (χ4n) is 1.30. The summed E-state index contributed by atoms with van der Waals surface area (Å²) in [5.74, 6) is 1.71. The Morgan fingerprint density at radius 1 is 1.67 bits per heavy atom. The Kier molecular flexibility index (Phi) is 3.75. The van der Waals surface area contributed by atoms with Crippen LogP contribution in [0, 0.1) is 12.3 Å². The summed E-state index contributed by atoms with van der Waals surface area (Å²) in [4.78, 5) is 10.5. The summed E-state index contributed by atoms with van der Waals surface area (Å²) >= 11 is 0. The number of carbonyl (C=O) groups is 1. The fraction of sp³-hybridized carbons (Fsp3) is 0.250. The molecule has 0 bridgehead atoms. The van der Waals surface area contributed by atoms with Crippen LogP contribution in [0.3, 0.4) is 0 Å². The van der Waals surface area contributed by atoms with Gasteiger partial charge < -0.3 is 10.4 Å². The first kappa shape index (κ1) is 11.1. The summed E-state index contributed by atoms with van der Waals surface area (Å²) in [5.41, 5.74) is 1.63. The second-order valence-electron chi connectivity index (χ2n) is 3.37. The lowest BCUT2D eigenvalue weighted by molar-refractivity contribution is -0.137. The first-order valence-corrected chi connectivity index (χ1v) is 4.67. The van der Waals surface area contributed by atoms with Crippen LogP contribution in [-0.2, 0) is 4.79 Å². The molecule has 3 nitrogen and oxygen atoms in total. The highest BCUT2D eigenvalue weighted by atomic mass is 16.4. The molecule has 3 heteroatoms. The zero-order valence-corrected chi connectivity index (χ0v) is 8.53. The monoisotopic (exact) mass is 203 g/mol. The predicted octanol–water partition coefficient (Wildman–Crippen LogP) is 1.94. The smallest absolute Gasteiger partial charge is 0.305 e. The number of hydrogen-bond acceptors (Lipinski definition) is 2. The number of terminal acetylenes is 1. The average Bonchev–Trinajstić information content (AvgIpc) is 2.16. The van der Waals surface area contributed by atoms with E-state index in [1.165, 1.54) is 0 Å². The van der Waals surface area contributed by atoms with E-state index in [1.54, 1.807) is 0 Å². The zero-order chi connectivity index (χ0) is 11.3. The lowest BCUT2D eigenvalue weighted by Gasteiger charge is -2.12. The van der Waals surface area contributed by atoms with Crippen molar-refractivity contribution < 1.29 is 9.90 Å². The van der Waals surface area contributed by atoms with Crippen LogP contribution < -0.4 is 5.32 Å². The highest BCUT2D eigenvalue weighted by Gasteiger charge is 2.06. The first-order chi connectivity index (χ1) is 7.11. The van der Waals surface area contributed by atoms with Gasteiger partial charge in [-0.25, -0.2) is 0 Å². The molecule has 0 heterocycles. The van der Waals surface area contributed by atoms with Gasteiger partial charge in [0.1, 0.15) is 0 Å². The van der Waals surface area contributed by atoms with E-state index in [1.807, 2.05) is 31.2 Å². The molecule has 0 saturated heterocycles. The van der Waals surface area contributed by atoms with E-state index in [0.29, 0.717) is 0 Å². The third kappa shape index (κ3) is 3.74. The number of aliphatic carboxylic acids is 1. The quantitative estimate of drug-likeness (QED) is 0.735. The second kappa shape index (κ2) is 5.06. The lowest BCUT2D eigenvalue weighted by atomic mass is 10.2. The van der Waals surface area contributed by atoms with Gasteiger partial charge in [0.2, 0.25) is 0 Å². The number of carboxylic acid groups (broad SMARTS) is 1. The molecule has 0 amide bonds. The molecular weight excluding hydrogens is 190 g/mol. The summed E-state index contributed by atoms with van der Waals surface area (Å²) in [6, 6.07) is 7.23. The highest BCUT2D eigenvalue weighted by molar-refractivity contribution is 5.68. The fourth-order valence-corrected chi connectivity index (χ4v) is 1.30. The molecule has 0 radical (unpaired) electrons. The SMILES string of the molecule is C#Cc1cccc(NC(C)CC(=O)O)c1. The van der Waals surface area contributed by atoms with Gasteiger partial charge in [-0.2, -0.15) is 0 Å². The molecule has 1 unspecified atom stereocenters. The number of anilines is 1. The number of nitrogens with one attached hydrogen (secondary N) is 1. The van der Waals surface area contributed by atoms with Gasteiger partial charge in [-0.15, -0.1) is 6.42 Å². The maximum absolute atomic E-state index is 10.5. The molecule has 1 aromatic carbocycles. The third-order valence-electron chi connectivity index (χ3n) is 1.92. The Balaban J connectivity index is 2.64.